The summed E-state index contributed by atoms with van der Waals surface area (Å²) in [5, 5.41) is -10.6. The molecule has 0 spiro atoms. The predicted molar refractivity (Wildman–Crippen MR) is 177 cm³/mol. The van der Waals surface area contributed by atoms with Gasteiger partial charge in [0.2, 0.25) is 0 Å². The normalized spacial score (nSPS) is 14.6. The third-order valence-electron chi connectivity index (χ3n) is 4.75. The van der Waals surface area contributed by atoms with Crippen molar-refractivity contribution in [3.05, 3.63) is 0 Å². The van der Waals surface area contributed by atoms with Crippen molar-refractivity contribution in [1.29, 1.82) is 0 Å². The monoisotopic (exact) mass is 502 g/mol. The van der Waals surface area contributed by atoms with Crippen LogP contribution >= 0.6 is 46.0 Å². The fourth-order valence-electron chi connectivity index (χ4n) is 2.12. The highest BCUT2D eigenvalue weighted by Crippen LogP contribution is 2.45. The summed E-state index contributed by atoms with van der Waals surface area (Å²) in [6.07, 6.45) is 0. The minimum Gasteiger partial charge on any atom is -0.408 e. The van der Waals surface area contributed by atoms with E-state index in [9.17, 15) is 5.11 Å². The average molecular weight is 499 g/mol. The summed E-state index contributed by atoms with van der Waals surface area (Å²) in [4.78, 5) is 1.01. The van der Waals surface area contributed by atoms with Gasteiger partial charge in [-0.05, 0) is 32.3 Å². The molecule has 0 rings (SSSR count). The lowest BCUT2D eigenvalue weighted by Gasteiger charge is -2.64. The Morgan fingerprint density at radius 3 is 0.806 bits per heavy atom. The highest BCUT2D eigenvalue weighted by atomic mass is 33.1. The van der Waals surface area contributed by atoms with E-state index in [2.05, 4.69) is 0 Å². The molecule has 0 fully saturated rings. The summed E-state index contributed by atoms with van der Waals surface area (Å²) in [5.74, 6) is 0. The molecular weight excluding hydrogens is 498 g/mol. The number of hydrogen-bond donors (Lipinski definition) is 1. The molecule has 0 bridgehead atoms. The molecule has 3 nitrogen and oxygen atoms in total. The molecule has 0 aliphatic rings. The molecule has 0 unspecified atom stereocenters. The molecule has 38 radical (unpaired) electrons. The molecule has 1 N–H and O–H groups in total. The maximum absolute atomic E-state index is 10.1. The molecule has 0 amide bonds. The lowest BCUT2D eigenvalue weighted by Crippen LogP contribution is -2.76. The Balaban J connectivity index is 6.54. The Kier molecular flexibility index (Phi) is 12.0. The van der Waals surface area contributed by atoms with Gasteiger partial charge in [-0.25, -0.2) is 0 Å². The highest BCUT2D eigenvalue weighted by Gasteiger charge is 2.50. The third kappa shape index (κ3) is 7.69. The van der Waals surface area contributed by atoms with Crippen LogP contribution in [-0.4, -0.2) is 199 Å². The number of nitrogens with zero attached hydrogens (tertiary/aromatic N) is 2. The first kappa shape index (κ1) is 37.7. The van der Waals surface area contributed by atoms with Crippen LogP contribution in [0, 0.1) is 0 Å². The lowest BCUT2D eigenvalue weighted by molar-refractivity contribution is 0.120. The molecule has 0 aromatic heterocycles. The van der Waals surface area contributed by atoms with E-state index in [0.717, 1.165) is 0 Å². The van der Waals surface area contributed by atoms with Gasteiger partial charge in [0.1, 0.15) is 8.64 Å². The summed E-state index contributed by atoms with van der Waals surface area (Å²) in [5.41, 5.74) is 0. The van der Waals surface area contributed by atoms with E-state index in [1.165, 1.54) is 0 Å². The molecule has 0 saturated carbocycles. The summed E-state index contributed by atoms with van der Waals surface area (Å²) in [6.45, 7) is 0. The predicted octanol–water partition coefficient (Wildman–Crippen LogP) is -6.77. The molecule has 0 aliphatic carbocycles. The van der Waals surface area contributed by atoms with Crippen LogP contribution in [0.25, 0.3) is 0 Å². The first-order valence-corrected chi connectivity index (χ1v) is 12.0. The third-order valence-corrected chi connectivity index (χ3v) is 8.18. The van der Waals surface area contributed by atoms with Crippen molar-refractivity contribution in [3.8, 4) is 0 Å². The SMILES string of the molecule is [B]C([B])([B])C([B])([B])N(C(=S)SSC(=S)N(C([B])([B])C([B])([B])[B])C([B])([B])C([B])([B])O)C([B])([B])C([B])([B])[B]. The largest absolute Gasteiger partial charge is 0.408 e. The maximum Gasteiger partial charge on any atom is 0.145 e. The van der Waals surface area contributed by atoms with Crippen molar-refractivity contribution in [3.63, 3.8) is 0 Å². The van der Waals surface area contributed by atoms with Crippen LogP contribution in [-0.2, 0) is 0 Å². The molecule has 0 heterocycles. The van der Waals surface area contributed by atoms with Crippen LogP contribution in [0.5, 0.6) is 0 Å². The first-order chi connectivity index (χ1) is 15.3. The van der Waals surface area contributed by atoms with Crippen molar-refractivity contribution in [1.82, 2.24) is 9.80 Å². The van der Waals surface area contributed by atoms with Crippen molar-refractivity contribution in [2.75, 3.05) is 0 Å². The molecule has 26 heteroatoms. The van der Waals surface area contributed by atoms with E-state index in [0.29, 0.717) is 31.4 Å². The molecule has 36 heavy (non-hydrogen) atoms. The van der Waals surface area contributed by atoms with Crippen LogP contribution in [0.3, 0.4) is 0 Å². The van der Waals surface area contributed by atoms with E-state index in [1.54, 1.807) is 0 Å². The molecule has 0 aromatic rings. The van der Waals surface area contributed by atoms with E-state index in [4.69, 9.17) is 174 Å². The first-order valence-electron chi connectivity index (χ1n) is 9.03. The maximum atomic E-state index is 10.1. The summed E-state index contributed by atoms with van der Waals surface area (Å²) >= 11 is 10.5. The van der Waals surface area contributed by atoms with Gasteiger partial charge in [0.25, 0.3) is 0 Å². The van der Waals surface area contributed by atoms with Gasteiger partial charge in [0.15, 0.2) is 0 Å². The van der Waals surface area contributed by atoms with E-state index >= 15 is 0 Å². The molecule has 0 atom stereocenters. The van der Waals surface area contributed by atoms with E-state index < -0.39 is 50.7 Å². The Hall–Kier alpha value is 1.67. The van der Waals surface area contributed by atoms with Crippen LogP contribution < -0.4 is 0 Å². The second kappa shape index (κ2) is 11.5. The summed E-state index contributed by atoms with van der Waals surface area (Å²) in [6, 6.07) is 0. The molecule has 0 aromatic carbocycles. The van der Waals surface area contributed by atoms with Gasteiger partial charge in [-0.2, -0.15) is 0 Å². The average Bonchev–Trinajstić information content (AvgIpc) is 2.55. The second-order valence-electron chi connectivity index (χ2n) is 8.30. The van der Waals surface area contributed by atoms with Crippen molar-refractivity contribution in [2.24, 2.45) is 0 Å². The minimum atomic E-state index is -2.92. The lowest BCUT2D eigenvalue weighted by atomic mass is 9.22. The quantitative estimate of drug-likeness (QED) is 0.202. The zero-order valence-corrected chi connectivity index (χ0v) is 22.2. The highest BCUT2D eigenvalue weighted by molar-refractivity contribution is 8.89. The molecule has 0 saturated heterocycles. The number of thiocarbonyl (C=S) groups is 2. The van der Waals surface area contributed by atoms with Gasteiger partial charge >= 0.3 is 0 Å². The van der Waals surface area contributed by atoms with Gasteiger partial charge in [0, 0.05) is 0 Å². The minimum absolute atomic E-state index is 0.453. The standard InChI is InChI=1S/C10HB19N2OS4/c11-3(12,13)6(20,21)30(7(22,23)4(14,15)16)1(33)35-36-2(34)31(8(24,25)5(17,18)19)9(26,27)10(28,29)32/h32H. The zero-order chi connectivity index (χ0) is 29.7. The molecular formula is C10HB19N2OS4. The topological polar surface area (TPSA) is 26.7 Å². The molecule has 138 valence electrons. The van der Waals surface area contributed by atoms with Crippen molar-refractivity contribution < 1.29 is 5.11 Å². The Bertz CT molecular complexity index is 708. The fourth-order valence-corrected chi connectivity index (χ4v) is 5.11. The van der Waals surface area contributed by atoms with Crippen LogP contribution in [0.15, 0.2) is 0 Å². The number of aliphatic hydroxyl groups is 1. The second-order valence-corrected chi connectivity index (χ2v) is 11.7. The van der Waals surface area contributed by atoms with Crippen LogP contribution in [0.4, 0.5) is 0 Å². The Morgan fingerprint density at radius 1 is 0.444 bits per heavy atom. The fraction of sp³-hybridized carbons (Fsp3) is 0.800. The van der Waals surface area contributed by atoms with E-state index in [-0.39, 0.29) is 0 Å². The molecule has 0 aliphatic heterocycles. The summed E-state index contributed by atoms with van der Waals surface area (Å²) < 4.78 is -0.987. The number of rotatable bonds is 8. The Labute approximate surface area is 259 Å². The van der Waals surface area contributed by atoms with Crippen LogP contribution in [0.1, 0.15) is 0 Å². The van der Waals surface area contributed by atoms with Gasteiger partial charge in [0.05, 0.1) is 149 Å². The Morgan fingerprint density at radius 2 is 0.639 bits per heavy atom. The van der Waals surface area contributed by atoms with Gasteiger partial charge in [-0.1, -0.05) is 40.4 Å². The smallest absolute Gasteiger partial charge is 0.145 e. The van der Waals surface area contributed by atoms with E-state index in [1.807, 2.05) is 0 Å². The number of hydrogen-bond acceptors (Lipinski definition) is 5. The van der Waals surface area contributed by atoms with Crippen molar-refractivity contribution >= 4 is 204 Å². The van der Waals surface area contributed by atoms with Gasteiger partial charge in [-0.15, -0.1) is 15.3 Å². The van der Waals surface area contributed by atoms with Crippen LogP contribution in [0.2, 0.25) is 15.3 Å². The summed E-state index contributed by atoms with van der Waals surface area (Å²) in [7, 11) is 110. The zero-order valence-electron chi connectivity index (χ0n) is 18.9. The van der Waals surface area contributed by atoms with Gasteiger partial charge in [-0.3, -0.25) is 0 Å². The van der Waals surface area contributed by atoms with Gasteiger partial charge < -0.3 is 14.9 Å². The van der Waals surface area contributed by atoms with Crippen molar-refractivity contribution in [2.45, 2.75) is 42.1 Å².